The highest BCUT2D eigenvalue weighted by molar-refractivity contribution is 7.13. The summed E-state index contributed by atoms with van der Waals surface area (Å²) in [5.74, 6) is -0.332. The van der Waals surface area contributed by atoms with E-state index in [9.17, 15) is 14.9 Å². The van der Waals surface area contributed by atoms with Crippen LogP contribution in [0.25, 0.3) is 0 Å². The number of nitro groups is 1. The number of amides is 1. The first-order chi connectivity index (χ1) is 9.06. The van der Waals surface area contributed by atoms with Gasteiger partial charge in [0.25, 0.3) is 5.91 Å². The zero-order valence-electron chi connectivity index (χ0n) is 9.83. The van der Waals surface area contributed by atoms with Crippen LogP contribution in [-0.2, 0) is 6.54 Å². The number of rotatable bonds is 4. The van der Waals surface area contributed by atoms with Gasteiger partial charge in [-0.15, -0.1) is 0 Å². The maximum Gasteiger partial charge on any atom is 0.324 e. The zero-order chi connectivity index (χ0) is 13.8. The van der Waals surface area contributed by atoms with Crippen LogP contribution >= 0.6 is 11.3 Å². The highest BCUT2D eigenvalue weighted by Crippen LogP contribution is 2.22. The number of nitrogens with zero attached hydrogens (tertiary/aromatic N) is 1. The SMILES string of the molecule is Nc1ccc(CNC(=O)c2csc([N+](=O)[O-])c2)cc1. The fourth-order valence-corrected chi connectivity index (χ4v) is 2.16. The lowest BCUT2D eigenvalue weighted by Gasteiger charge is -2.04. The van der Waals surface area contributed by atoms with Crippen molar-refractivity contribution in [1.82, 2.24) is 5.32 Å². The molecule has 0 bridgehead atoms. The van der Waals surface area contributed by atoms with Crippen molar-refractivity contribution in [2.45, 2.75) is 6.54 Å². The van der Waals surface area contributed by atoms with Gasteiger partial charge in [-0.2, -0.15) is 0 Å². The van der Waals surface area contributed by atoms with Gasteiger partial charge in [0.15, 0.2) is 0 Å². The minimum Gasteiger partial charge on any atom is -0.399 e. The van der Waals surface area contributed by atoms with Crippen molar-refractivity contribution in [2.75, 3.05) is 5.73 Å². The summed E-state index contributed by atoms with van der Waals surface area (Å²) in [6.07, 6.45) is 0. The molecule has 1 aromatic carbocycles. The van der Waals surface area contributed by atoms with Crippen LogP contribution in [0.5, 0.6) is 0 Å². The summed E-state index contributed by atoms with van der Waals surface area (Å²) < 4.78 is 0. The van der Waals surface area contributed by atoms with Gasteiger partial charge in [0.2, 0.25) is 0 Å². The number of hydrogen-bond acceptors (Lipinski definition) is 5. The predicted molar refractivity (Wildman–Crippen MR) is 73.0 cm³/mol. The standard InChI is InChI=1S/C12H11N3O3S/c13-10-3-1-8(2-4-10)6-14-12(16)9-5-11(15(17)18)19-7-9/h1-5,7H,6,13H2,(H,14,16). The van der Waals surface area contributed by atoms with E-state index in [4.69, 9.17) is 5.73 Å². The second-order valence-corrected chi connectivity index (χ2v) is 4.74. The Balaban J connectivity index is 1.97. The van der Waals surface area contributed by atoms with Crippen LogP contribution in [0.1, 0.15) is 15.9 Å². The van der Waals surface area contributed by atoms with Crippen molar-refractivity contribution in [1.29, 1.82) is 0 Å². The van der Waals surface area contributed by atoms with Crippen LogP contribution in [0.3, 0.4) is 0 Å². The number of hydrogen-bond donors (Lipinski definition) is 2. The molecule has 1 amide bonds. The first-order valence-electron chi connectivity index (χ1n) is 5.42. The number of nitrogens with one attached hydrogen (secondary N) is 1. The Bertz CT molecular complexity index is 607. The number of thiophene rings is 1. The molecule has 6 nitrogen and oxygen atoms in total. The lowest BCUT2D eigenvalue weighted by molar-refractivity contribution is -0.380. The molecule has 0 saturated heterocycles. The van der Waals surface area contributed by atoms with Crippen molar-refractivity contribution < 1.29 is 9.72 Å². The van der Waals surface area contributed by atoms with Gasteiger partial charge < -0.3 is 11.1 Å². The first kappa shape index (κ1) is 13.0. The largest absolute Gasteiger partial charge is 0.399 e. The molecule has 1 heterocycles. The molecule has 7 heteroatoms. The normalized spacial score (nSPS) is 10.1. The Morgan fingerprint density at radius 2 is 2.05 bits per heavy atom. The van der Waals surface area contributed by atoms with E-state index in [-0.39, 0.29) is 10.9 Å². The van der Waals surface area contributed by atoms with Gasteiger partial charge in [-0.3, -0.25) is 14.9 Å². The van der Waals surface area contributed by atoms with E-state index in [2.05, 4.69) is 5.32 Å². The Labute approximate surface area is 113 Å². The minimum atomic E-state index is -0.512. The molecule has 1 aromatic heterocycles. The summed E-state index contributed by atoms with van der Waals surface area (Å²) in [7, 11) is 0. The minimum absolute atomic E-state index is 0.0439. The first-order valence-corrected chi connectivity index (χ1v) is 6.30. The summed E-state index contributed by atoms with van der Waals surface area (Å²) in [6.45, 7) is 0.350. The molecule has 0 atom stereocenters. The van der Waals surface area contributed by atoms with Crippen molar-refractivity contribution in [3.05, 3.63) is 57.0 Å². The smallest absolute Gasteiger partial charge is 0.324 e. The second-order valence-electron chi connectivity index (χ2n) is 3.85. The van der Waals surface area contributed by atoms with E-state index in [1.807, 2.05) is 12.1 Å². The Morgan fingerprint density at radius 3 is 2.63 bits per heavy atom. The Kier molecular flexibility index (Phi) is 3.76. The molecule has 2 rings (SSSR count). The van der Waals surface area contributed by atoms with E-state index >= 15 is 0 Å². The lowest BCUT2D eigenvalue weighted by Crippen LogP contribution is -2.22. The van der Waals surface area contributed by atoms with Crippen molar-refractivity contribution >= 4 is 27.9 Å². The highest BCUT2D eigenvalue weighted by Gasteiger charge is 2.14. The van der Waals surface area contributed by atoms with Crippen LogP contribution < -0.4 is 11.1 Å². The maximum absolute atomic E-state index is 11.8. The average molecular weight is 277 g/mol. The van der Waals surface area contributed by atoms with E-state index in [0.29, 0.717) is 17.8 Å². The summed E-state index contributed by atoms with van der Waals surface area (Å²) in [5, 5.41) is 14.6. The molecule has 0 radical (unpaired) electrons. The molecule has 0 unspecified atom stereocenters. The third-order valence-corrected chi connectivity index (χ3v) is 3.34. The van der Waals surface area contributed by atoms with E-state index in [1.54, 1.807) is 12.1 Å². The average Bonchev–Trinajstić information content (AvgIpc) is 2.87. The molecular weight excluding hydrogens is 266 g/mol. The van der Waals surface area contributed by atoms with Crippen molar-refractivity contribution in [2.24, 2.45) is 0 Å². The van der Waals surface area contributed by atoms with Gasteiger partial charge in [0.05, 0.1) is 10.5 Å². The molecular formula is C12H11N3O3S. The molecule has 0 aliphatic rings. The molecule has 0 aliphatic carbocycles. The molecule has 0 aliphatic heterocycles. The molecule has 19 heavy (non-hydrogen) atoms. The highest BCUT2D eigenvalue weighted by atomic mass is 32.1. The summed E-state index contributed by atoms with van der Waals surface area (Å²) in [6, 6.07) is 8.38. The fourth-order valence-electron chi connectivity index (χ4n) is 1.46. The van der Waals surface area contributed by atoms with E-state index in [1.165, 1.54) is 11.4 Å². The van der Waals surface area contributed by atoms with Crippen LogP contribution in [0.4, 0.5) is 10.7 Å². The Morgan fingerprint density at radius 1 is 1.37 bits per heavy atom. The number of benzene rings is 1. The monoisotopic (exact) mass is 277 g/mol. The second kappa shape index (κ2) is 5.49. The maximum atomic E-state index is 11.8. The number of carbonyl (C=O) groups excluding carboxylic acids is 1. The summed E-state index contributed by atoms with van der Waals surface area (Å²) >= 11 is 0.933. The molecule has 0 fully saturated rings. The molecule has 2 aromatic rings. The fraction of sp³-hybridized carbons (Fsp3) is 0.0833. The van der Waals surface area contributed by atoms with Gasteiger partial charge in [-0.05, 0) is 17.7 Å². The van der Waals surface area contributed by atoms with Gasteiger partial charge >= 0.3 is 5.00 Å². The van der Waals surface area contributed by atoms with Crippen molar-refractivity contribution in [3.8, 4) is 0 Å². The van der Waals surface area contributed by atoms with Crippen LogP contribution in [-0.4, -0.2) is 10.8 Å². The van der Waals surface area contributed by atoms with Crippen LogP contribution in [0.2, 0.25) is 0 Å². The third kappa shape index (κ3) is 3.29. The van der Waals surface area contributed by atoms with Gasteiger partial charge in [-0.1, -0.05) is 23.5 Å². The molecule has 0 spiro atoms. The van der Waals surface area contributed by atoms with E-state index < -0.39 is 4.92 Å². The zero-order valence-corrected chi connectivity index (χ0v) is 10.6. The number of carbonyl (C=O) groups is 1. The lowest BCUT2D eigenvalue weighted by atomic mass is 10.2. The van der Waals surface area contributed by atoms with Gasteiger partial charge in [-0.25, -0.2) is 0 Å². The Hall–Kier alpha value is -2.41. The van der Waals surface area contributed by atoms with Gasteiger partial charge in [0.1, 0.15) is 0 Å². The molecule has 3 N–H and O–H groups in total. The number of nitrogen functional groups attached to an aromatic ring is 1. The quantitative estimate of drug-likeness (QED) is 0.508. The number of nitrogens with two attached hydrogens (primary N) is 1. The number of anilines is 1. The third-order valence-electron chi connectivity index (χ3n) is 2.46. The summed E-state index contributed by atoms with van der Waals surface area (Å²) in [5.41, 5.74) is 7.42. The van der Waals surface area contributed by atoms with E-state index in [0.717, 1.165) is 16.9 Å². The van der Waals surface area contributed by atoms with Crippen LogP contribution in [0, 0.1) is 10.1 Å². The molecule has 0 saturated carbocycles. The topological polar surface area (TPSA) is 98.3 Å². The van der Waals surface area contributed by atoms with Crippen molar-refractivity contribution in [3.63, 3.8) is 0 Å². The van der Waals surface area contributed by atoms with Gasteiger partial charge in [0, 0.05) is 23.7 Å². The molecule has 98 valence electrons. The van der Waals surface area contributed by atoms with Crippen LogP contribution in [0.15, 0.2) is 35.7 Å². The summed E-state index contributed by atoms with van der Waals surface area (Å²) in [4.78, 5) is 21.8. The predicted octanol–water partition coefficient (Wildman–Crippen LogP) is 2.17.